The van der Waals surface area contributed by atoms with Crippen molar-refractivity contribution in [1.82, 2.24) is 0 Å². The molecule has 0 bridgehead atoms. The molecule has 0 aliphatic carbocycles. The maximum atomic E-state index is 11.0. The van der Waals surface area contributed by atoms with Crippen LogP contribution in [0.25, 0.3) is 0 Å². The zero-order valence-corrected chi connectivity index (χ0v) is 9.33. The van der Waals surface area contributed by atoms with Crippen LogP contribution in [0.15, 0.2) is 24.3 Å². The molecule has 0 fully saturated rings. The van der Waals surface area contributed by atoms with Crippen LogP contribution in [0, 0.1) is 0 Å². The third-order valence-electron chi connectivity index (χ3n) is 1.78. The van der Waals surface area contributed by atoms with E-state index >= 15 is 0 Å². The number of rotatable bonds is 2. The van der Waals surface area contributed by atoms with Crippen molar-refractivity contribution < 1.29 is 9.22 Å². The first kappa shape index (κ1) is 9.00. The molecule has 0 spiro atoms. The molecule has 0 saturated heterocycles. The van der Waals surface area contributed by atoms with Gasteiger partial charge in [0.15, 0.2) is 0 Å². The summed E-state index contributed by atoms with van der Waals surface area (Å²) in [6.45, 7) is 2.08. The van der Waals surface area contributed by atoms with Gasteiger partial charge in [0, 0.05) is 0 Å². The first-order valence-corrected chi connectivity index (χ1v) is 4.77. The molecule has 0 radical (unpaired) electrons. The van der Waals surface area contributed by atoms with E-state index < -0.39 is 0 Å². The van der Waals surface area contributed by atoms with Crippen molar-refractivity contribution in [2.24, 2.45) is 0 Å². The summed E-state index contributed by atoms with van der Waals surface area (Å²) in [5.41, 5.74) is 1.88. The average molecular weight is 180 g/mol. The van der Waals surface area contributed by atoms with Crippen LogP contribution in [-0.2, 0) is 10.8 Å². The Morgan fingerprint density at radius 3 is 2.42 bits per heavy atom. The topological polar surface area (TPSA) is 26.3 Å². The molecule has 0 aromatic heterocycles. The second kappa shape index (κ2) is 4.06. The predicted molar refractivity (Wildman–Crippen MR) is 51.2 cm³/mol. The molecular weight excluding hydrogens is 168 g/mol. The Kier molecular flexibility index (Phi) is 3.05. The molecule has 0 heterocycles. The van der Waals surface area contributed by atoms with E-state index in [0.717, 1.165) is 6.42 Å². The van der Waals surface area contributed by atoms with Gasteiger partial charge in [-0.25, -0.2) is 4.79 Å². The van der Waals surface area contributed by atoms with Gasteiger partial charge >= 0.3 is 5.97 Å². The van der Waals surface area contributed by atoms with Gasteiger partial charge in [0.1, 0.15) is 0 Å². The molecule has 0 aliphatic heterocycles. The molecular formula is C9H12O2Si. The highest BCUT2D eigenvalue weighted by atomic mass is 28.2. The standard InChI is InChI=1S/C9H12O2Si/c1-2-7-3-5-8(6-4-7)9(10)11-12/h3-6H,2H2,1,12H3. The van der Waals surface area contributed by atoms with E-state index in [1.165, 1.54) is 5.56 Å². The molecule has 1 aromatic carbocycles. The number of aryl methyl sites for hydroxylation is 1. The number of carbonyl (C=O) groups excluding carboxylic acids is 1. The number of benzene rings is 1. The van der Waals surface area contributed by atoms with Crippen LogP contribution in [0.1, 0.15) is 22.8 Å². The summed E-state index contributed by atoms with van der Waals surface area (Å²) in [7, 11) is 0.457. The molecule has 12 heavy (non-hydrogen) atoms. The molecule has 0 aliphatic rings. The SMILES string of the molecule is CCc1ccc(C(=O)O[SiH3])cc1. The Morgan fingerprint density at radius 1 is 1.42 bits per heavy atom. The molecule has 2 nitrogen and oxygen atoms in total. The fourth-order valence-electron chi connectivity index (χ4n) is 0.994. The van der Waals surface area contributed by atoms with Crippen molar-refractivity contribution in [3.05, 3.63) is 35.4 Å². The van der Waals surface area contributed by atoms with E-state index in [2.05, 4.69) is 6.92 Å². The quantitative estimate of drug-likeness (QED) is 0.626. The van der Waals surface area contributed by atoms with Crippen LogP contribution < -0.4 is 0 Å². The van der Waals surface area contributed by atoms with E-state index in [-0.39, 0.29) is 5.97 Å². The lowest BCUT2D eigenvalue weighted by atomic mass is 10.1. The Bertz CT molecular complexity index is 266. The number of hydrogen-bond donors (Lipinski definition) is 0. The van der Waals surface area contributed by atoms with Gasteiger partial charge < -0.3 is 4.43 Å². The molecule has 64 valence electrons. The summed E-state index contributed by atoms with van der Waals surface area (Å²) in [6.07, 6.45) is 0.996. The van der Waals surface area contributed by atoms with Crippen molar-refractivity contribution in [1.29, 1.82) is 0 Å². The molecule has 0 N–H and O–H groups in total. The average Bonchev–Trinajstić information content (AvgIpc) is 2.17. The molecule has 0 saturated carbocycles. The van der Waals surface area contributed by atoms with Gasteiger partial charge in [0.05, 0.1) is 5.56 Å². The Balaban J connectivity index is 2.84. The van der Waals surface area contributed by atoms with Gasteiger partial charge in [0.2, 0.25) is 10.5 Å². The first-order valence-electron chi connectivity index (χ1n) is 3.95. The minimum Gasteiger partial charge on any atom is -0.525 e. The normalized spacial score (nSPS) is 9.75. The minimum absolute atomic E-state index is 0.218. The Morgan fingerprint density at radius 2 is 2.00 bits per heavy atom. The summed E-state index contributed by atoms with van der Waals surface area (Å²) >= 11 is 0. The highest BCUT2D eigenvalue weighted by Crippen LogP contribution is 2.05. The van der Waals surface area contributed by atoms with Crippen LogP contribution in [0.2, 0.25) is 0 Å². The van der Waals surface area contributed by atoms with Gasteiger partial charge in [-0.05, 0) is 24.1 Å². The van der Waals surface area contributed by atoms with E-state index in [0.29, 0.717) is 16.0 Å². The highest BCUT2D eigenvalue weighted by molar-refractivity contribution is 6.09. The molecule has 0 atom stereocenters. The summed E-state index contributed by atoms with van der Waals surface area (Å²) in [6, 6.07) is 7.51. The fourth-order valence-corrected chi connectivity index (χ4v) is 1.23. The lowest BCUT2D eigenvalue weighted by Gasteiger charge is -2.00. The van der Waals surface area contributed by atoms with E-state index in [1.54, 1.807) is 12.1 Å². The van der Waals surface area contributed by atoms with Crippen molar-refractivity contribution in [3.63, 3.8) is 0 Å². The smallest absolute Gasteiger partial charge is 0.324 e. The van der Waals surface area contributed by atoms with Gasteiger partial charge in [-0.3, -0.25) is 0 Å². The molecule has 0 amide bonds. The largest absolute Gasteiger partial charge is 0.525 e. The summed E-state index contributed by atoms with van der Waals surface area (Å²) < 4.78 is 4.71. The minimum atomic E-state index is -0.218. The highest BCUT2D eigenvalue weighted by Gasteiger charge is 2.02. The number of carbonyl (C=O) groups is 1. The zero-order valence-electron chi connectivity index (χ0n) is 7.33. The maximum Gasteiger partial charge on any atom is 0.324 e. The Hall–Kier alpha value is -1.09. The van der Waals surface area contributed by atoms with Gasteiger partial charge in [-0.2, -0.15) is 0 Å². The molecule has 0 unspecified atom stereocenters. The third kappa shape index (κ3) is 1.95. The van der Waals surface area contributed by atoms with Crippen LogP contribution in [0.5, 0.6) is 0 Å². The van der Waals surface area contributed by atoms with Gasteiger partial charge in [-0.1, -0.05) is 19.1 Å². The lowest BCUT2D eigenvalue weighted by molar-refractivity contribution is 0.0749. The van der Waals surface area contributed by atoms with Crippen molar-refractivity contribution in [3.8, 4) is 0 Å². The van der Waals surface area contributed by atoms with Gasteiger partial charge in [0.25, 0.3) is 0 Å². The third-order valence-corrected chi connectivity index (χ3v) is 2.15. The predicted octanol–water partition coefficient (Wildman–Crippen LogP) is 0.686. The van der Waals surface area contributed by atoms with Crippen LogP contribution in [0.4, 0.5) is 0 Å². The van der Waals surface area contributed by atoms with Crippen molar-refractivity contribution >= 4 is 16.5 Å². The summed E-state index contributed by atoms with van der Waals surface area (Å²) in [5, 5.41) is 0. The van der Waals surface area contributed by atoms with Crippen molar-refractivity contribution in [2.75, 3.05) is 0 Å². The van der Waals surface area contributed by atoms with Crippen LogP contribution in [-0.4, -0.2) is 16.5 Å². The van der Waals surface area contributed by atoms with E-state index in [1.807, 2.05) is 12.1 Å². The monoisotopic (exact) mass is 180 g/mol. The zero-order chi connectivity index (χ0) is 8.97. The summed E-state index contributed by atoms with van der Waals surface area (Å²) in [5.74, 6) is -0.218. The van der Waals surface area contributed by atoms with Gasteiger partial charge in [-0.15, -0.1) is 0 Å². The molecule has 3 heteroatoms. The lowest BCUT2D eigenvalue weighted by Crippen LogP contribution is -2.01. The molecule has 1 aromatic rings. The second-order valence-corrected chi connectivity index (χ2v) is 2.95. The first-order chi connectivity index (χ1) is 5.77. The molecule has 1 rings (SSSR count). The number of hydrogen-bond acceptors (Lipinski definition) is 2. The van der Waals surface area contributed by atoms with Crippen LogP contribution in [0.3, 0.4) is 0 Å². The maximum absolute atomic E-state index is 11.0. The Labute approximate surface area is 75.1 Å². The van der Waals surface area contributed by atoms with E-state index in [4.69, 9.17) is 4.43 Å². The van der Waals surface area contributed by atoms with Crippen molar-refractivity contribution in [2.45, 2.75) is 13.3 Å². The fraction of sp³-hybridized carbons (Fsp3) is 0.222. The second-order valence-electron chi connectivity index (χ2n) is 2.54. The summed E-state index contributed by atoms with van der Waals surface area (Å²) in [4.78, 5) is 11.0. The van der Waals surface area contributed by atoms with E-state index in [9.17, 15) is 4.79 Å². The van der Waals surface area contributed by atoms with Crippen LogP contribution >= 0.6 is 0 Å².